The summed E-state index contributed by atoms with van der Waals surface area (Å²) in [4.78, 5) is 26.7. The minimum atomic E-state index is 0.0734. The summed E-state index contributed by atoms with van der Waals surface area (Å²) in [6.45, 7) is 10.7. The lowest BCUT2D eigenvalue weighted by atomic mass is 9.89. The number of aryl methyl sites for hydroxylation is 2. The van der Waals surface area contributed by atoms with Crippen LogP contribution in [0.3, 0.4) is 0 Å². The van der Waals surface area contributed by atoms with Crippen molar-refractivity contribution < 1.29 is 0 Å². The molecule has 0 saturated heterocycles. The maximum Gasteiger partial charge on any atom is 0.251 e. The Balaban J connectivity index is 1.91. The van der Waals surface area contributed by atoms with Crippen LogP contribution in [0.4, 0.5) is 0 Å². The Kier molecular flexibility index (Phi) is 40.5. The average molecular weight is 920 g/mol. The Labute approximate surface area is 411 Å². The topological polar surface area (TPSA) is 44.0 Å². The molecule has 0 N–H and O–H groups in total. The third kappa shape index (κ3) is 31.3. The molecule has 2 aromatic rings. The molecule has 2 unspecified atom stereocenters. The van der Waals surface area contributed by atoms with E-state index in [2.05, 4.69) is 27.7 Å². The van der Waals surface area contributed by atoms with E-state index in [1.165, 1.54) is 283 Å². The molecule has 0 bridgehead atoms. The molecule has 0 aromatic carbocycles. The Hall–Kier alpha value is -1.84. The standard InChI is InChI=1S/C62H114N2O2/c1-5-9-13-17-21-25-27-31-35-39-47-57(45-37-33-29-23-19-15-11-7-3)49-41-43-55-63-59-51-54-62(66)64(60(59)52-53-61(63)65)56-44-42-50-58(46-38-34-30-24-20-16-12-8-4)48-40-36-32-28-26-22-18-14-10-6-2/h51-54,57-58H,5-50,55-56H2,1-4H3. The van der Waals surface area contributed by atoms with Crippen LogP contribution in [-0.2, 0) is 13.1 Å². The van der Waals surface area contributed by atoms with Gasteiger partial charge in [0.15, 0.2) is 0 Å². The molecule has 2 rings (SSSR count). The summed E-state index contributed by atoms with van der Waals surface area (Å²) < 4.78 is 3.96. The highest BCUT2D eigenvalue weighted by Gasteiger charge is 2.13. The van der Waals surface area contributed by atoms with E-state index in [0.717, 1.165) is 48.8 Å². The van der Waals surface area contributed by atoms with Crippen LogP contribution in [0.1, 0.15) is 323 Å². The van der Waals surface area contributed by atoms with Gasteiger partial charge >= 0.3 is 0 Å². The lowest BCUT2D eigenvalue weighted by Crippen LogP contribution is -2.25. The second-order valence-electron chi connectivity index (χ2n) is 21.6. The van der Waals surface area contributed by atoms with E-state index < -0.39 is 0 Å². The largest absolute Gasteiger partial charge is 0.307 e. The van der Waals surface area contributed by atoms with Gasteiger partial charge in [0.2, 0.25) is 0 Å². The van der Waals surface area contributed by atoms with Crippen molar-refractivity contribution in [2.45, 2.75) is 336 Å². The maximum absolute atomic E-state index is 13.4. The molecular formula is C62H114N2O2. The van der Waals surface area contributed by atoms with E-state index in [-0.39, 0.29) is 11.1 Å². The first-order valence-corrected chi connectivity index (χ1v) is 30.3. The molecule has 0 saturated carbocycles. The number of pyridine rings is 2. The fourth-order valence-electron chi connectivity index (χ4n) is 11.1. The molecule has 0 spiro atoms. The first-order chi connectivity index (χ1) is 32.5. The van der Waals surface area contributed by atoms with Crippen LogP contribution in [0, 0.1) is 11.8 Å². The molecule has 2 heterocycles. The molecular weight excluding hydrogens is 805 g/mol. The average Bonchev–Trinajstić information content (AvgIpc) is 3.32. The summed E-state index contributed by atoms with van der Waals surface area (Å²) in [7, 11) is 0. The van der Waals surface area contributed by atoms with Crippen molar-refractivity contribution in [2.75, 3.05) is 0 Å². The summed E-state index contributed by atoms with van der Waals surface area (Å²) in [6.07, 6.45) is 62.9. The summed E-state index contributed by atoms with van der Waals surface area (Å²) >= 11 is 0. The number of nitrogens with zero attached hydrogens (tertiary/aromatic N) is 2. The van der Waals surface area contributed by atoms with Crippen molar-refractivity contribution in [1.29, 1.82) is 0 Å². The highest BCUT2D eigenvalue weighted by Crippen LogP contribution is 2.27. The number of aromatic nitrogens is 2. The number of rotatable bonds is 50. The van der Waals surface area contributed by atoms with E-state index in [1.807, 2.05) is 21.3 Å². The van der Waals surface area contributed by atoms with Crippen LogP contribution < -0.4 is 11.1 Å². The van der Waals surface area contributed by atoms with Crippen LogP contribution in [0.2, 0.25) is 0 Å². The van der Waals surface area contributed by atoms with Gasteiger partial charge in [-0.15, -0.1) is 0 Å². The van der Waals surface area contributed by atoms with Crippen molar-refractivity contribution in [3.63, 3.8) is 0 Å². The third-order valence-corrected chi connectivity index (χ3v) is 15.5. The van der Waals surface area contributed by atoms with E-state index in [0.29, 0.717) is 0 Å². The van der Waals surface area contributed by atoms with Crippen LogP contribution in [0.15, 0.2) is 33.9 Å². The number of hydrogen-bond donors (Lipinski definition) is 0. The van der Waals surface area contributed by atoms with Gasteiger partial charge in [0.1, 0.15) is 0 Å². The van der Waals surface area contributed by atoms with Gasteiger partial charge < -0.3 is 9.13 Å². The highest BCUT2D eigenvalue weighted by atomic mass is 16.1. The van der Waals surface area contributed by atoms with Gasteiger partial charge in [-0.1, -0.05) is 310 Å². The lowest BCUT2D eigenvalue weighted by molar-refractivity contribution is 0.363. The number of fused-ring (bicyclic) bond motifs is 1. The quantitative estimate of drug-likeness (QED) is 0.0621. The molecule has 0 amide bonds. The maximum atomic E-state index is 13.4. The van der Waals surface area contributed by atoms with E-state index in [4.69, 9.17) is 0 Å². The fraction of sp³-hybridized carbons (Fsp3) is 0.871. The zero-order valence-corrected chi connectivity index (χ0v) is 45.1. The van der Waals surface area contributed by atoms with E-state index in [9.17, 15) is 9.59 Å². The molecule has 0 radical (unpaired) electrons. The van der Waals surface area contributed by atoms with Crippen LogP contribution >= 0.6 is 0 Å². The van der Waals surface area contributed by atoms with Gasteiger partial charge in [0.05, 0.1) is 11.0 Å². The Morgan fingerprint density at radius 3 is 0.697 bits per heavy atom. The monoisotopic (exact) mass is 919 g/mol. The summed E-state index contributed by atoms with van der Waals surface area (Å²) in [6, 6.07) is 7.30. The molecule has 2 atom stereocenters. The molecule has 2 aromatic heterocycles. The first kappa shape index (κ1) is 60.3. The Bertz CT molecular complexity index is 1350. The van der Waals surface area contributed by atoms with Crippen LogP contribution in [0.5, 0.6) is 0 Å². The minimum Gasteiger partial charge on any atom is -0.307 e. The molecule has 384 valence electrons. The summed E-state index contributed by atoms with van der Waals surface area (Å²) in [5.41, 5.74) is 2.03. The molecule has 4 heteroatoms. The van der Waals surface area contributed by atoms with Crippen molar-refractivity contribution in [3.05, 3.63) is 45.0 Å². The summed E-state index contributed by atoms with van der Waals surface area (Å²) in [5, 5.41) is 0. The van der Waals surface area contributed by atoms with Gasteiger partial charge in [0.25, 0.3) is 11.1 Å². The van der Waals surface area contributed by atoms with Crippen molar-refractivity contribution in [1.82, 2.24) is 9.13 Å². The molecule has 66 heavy (non-hydrogen) atoms. The fourth-order valence-corrected chi connectivity index (χ4v) is 11.1. The van der Waals surface area contributed by atoms with Crippen LogP contribution in [-0.4, -0.2) is 9.13 Å². The summed E-state index contributed by atoms with van der Waals surface area (Å²) in [5.74, 6) is 1.65. The van der Waals surface area contributed by atoms with Gasteiger partial charge in [-0.2, -0.15) is 0 Å². The lowest BCUT2D eigenvalue weighted by Gasteiger charge is -2.19. The van der Waals surface area contributed by atoms with Crippen LogP contribution in [0.25, 0.3) is 11.0 Å². The van der Waals surface area contributed by atoms with Gasteiger partial charge in [0, 0.05) is 25.2 Å². The minimum absolute atomic E-state index is 0.0734. The predicted octanol–water partition coefficient (Wildman–Crippen LogP) is 20.4. The van der Waals surface area contributed by atoms with Gasteiger partial charge in [-0.05, 0) is 36.8 Å². The third-order valence-electron chi connectivity index (χ3n) is 15.5. The molecule has 0 aliphatic rings. The molecule has 0 aliphatic carbocycles. The second kappa shape index (κ2) is 44.4. The van der Waals surface area contributed by atoms with E-state index >= 15 is 0 Å². The van der Waals surface area contributed by atoms with Crippen molar-refractivity contribution in [2.24, 2.45) is 11.8 Å². The molecule has 4 nitrogen and oxygen atoms in total. The first-order valence-electron chi connectivity index (χ1n) is 30.3. The van der Waals surface area contributed by atoms with Gasteiger partial charge in [-0.25, -0.2) is 0 Å². The van der Waals surface area contributed by atoms with Gasteiger partial charge in [-0.3, -0.25) is 9.59 Å². The Morgan fingerprint density at radius 2 is 0.470 bits per heavy atom. The Morgan fingerprint density at radius 1 is 0.273 bits per heavy atom. The normalized spacial score (nSPS) is 12.7. The predicted molar refractivity (Wildman–Crippen MR) is 295 cm³/mol. The van der Waals surface area contributed by atoms with E-state index in [1.54, 1.807) is 12.1 Å². The zero-order valence-electron chi connectivity index (χ0n) is 45.1. The highest BCUT2D eigenvalue weighted by molar-refractivity contribution is 5.75. The number of unbranched alkanes of at least 4 members (excludes halogenated alkanes) is 34. The second-order valence-corrected chi connectivity index (χ2v) is 21.6. The molecule has 0 fully saturated rings. The molecule has 0 aliphatic heterocycles. The van der Waals surface area contributed by atoms with Crippen molar-refractivity contribution >= 4 is 11.0 Å². The smallest absolute Gasteiger partial charge is 0.251 e. The van der Waals surface area contributed by atoms with Crippen molar-refractivity contribution in [3.8, 4) is 0 Å². The zero-order chi connectivity index (χ0) is 47.4. The SMILES string of the molecule is CCCCCCCCCCCCC(CCCCCCCCCC)CCCCn1c(=O)ccc2c1ccc(=O)n2CCCCC(CCCCCCCCCC)CCCCCCCCCCCC. The number of hydrogen-bond acceptors (Lipinski definition) is 2.